The number of rotatable bonds is 3. The molecule has 1 atom stereocenters. The van der Waals surface area contributed by atoms with Gasteiger partial charge in [0.25, 0.3) is 0 Å². The number of benzene rings is 1. The van der Waals surface area contributed by atoms with E-state index in [4.69, 9.17) is 5.84 Å². The maximum absolute atomic E-state index is 13.3. The molecule has 0 saturated carbocycles. The minimum atomic E-state index is -4.76. The zero-order valence-electron chi connectivity index (χ0n) is 11.4. The van der Waals surface area contributed by atoms with Gasteiger partial charge in [0.15, 0.2) is 0 Å². The average molecular weight is 302 g/mol. The van der Waals surface area contributed by atoms with Crippen LogP contribution in [0.1, 0.15) is 28.4 Å². The lowest BCUT2D eigenvalue weighted by Gasteiger charge is -2.18. The highest BCUT2D eigenvalue weighted by atomic mass is 19.4. The summed E-state index contributed by atoms with van der Waals surface area (Å²) in [6, 6.07) is 2.10. The van der Waals surface area contributed by atoms with Crippen LogP contribution in [0.5, 0.6) is 0 Å². The van der Waals surface area contributed by atoms with Gasteiger partial charge in [-0.05, 0) is 24.6 Å². The Kier molecular flexibility index (Phi) is 4.02. The van der Waals surface area contributed by atoms with Gasteiger partial charge in [-0.25, -0.2) is 9.82 Å². The molecule has 2 aromatic rings. The van der Waals surface area contributed by atoms with Crippen LogP contribution in [0.4, 0.5) is 17.6 Å². The van der Waals surface area contributed by atoms with Crippen molar-refractivity contribution in [1.29, 1.82) is 0 Å². The summed E-state index contributed by atoms with van der Waals surface area (Å²) < 4.78 is 53.2. The van der Waals surface area contributed by atoms with Gasteiger partial charge in [-0.1, -0.05) is 6.07 Å². The Morgan fingerprint density at radius 1 is 1.33 bits per heavy atom. The highest BCUT2D eigenvalue weighted by Gasteiger charge is 2.35. The fourth-order valence-electron chi connectivity index (χ4n) is 2.10. The molecule has 0 aliphatic carbocycles. The molecule has 21 heavy (non-hydrogen) atoms. The van der Waals surface area contributed by atoms with Crippen molar-refractivity contribution < 1.29 is 17.6 Å². The minimum absolute atomic E-state index is 0.210. The van der Waals surface area contributed by atoms with E-state index in [1.165, 1.54) is 12.3 Å². The lowest BCUT2D eigenvalue weighted by Crippen LogP contribution is -2.29. The Labute approximate surface area is 118 Å². The van der Waals surface area contributed by atoms with Gasteiger partial charge >= 0.3 is 6.18 Å². The number of hydrogen-bond donors (Lipinski definition) is 2. The van der Waals surface area contributed by atoms with Crippen LogP contribution in [-0.4, -0.2) is 9.78 Å². The molecule has 0 aliphatic rings. The number of hydrazine groups is 1. The largest absolute Gasteiger partial charge is 0.419 e. The number of aromatic nitrogens is 2. The number of nitrogens with two attached hydrogens (primary N) is 1. The van der Waals surface area contributed by atoms with Crippen LogP contribution < -0.4 is 11.3 Å². The maximum Gasteiger partial charge on any atom is 0.419 e. The van der Waals surface area contributed by atoms with E-state index >= 15 is 0 Å². The molecule has 3 N–H and O–H groups in total. The van der Waals surface area contributed by atoms with Crippen molar-refractivity contribution in [2.24, 2.45) is 12.9 Å². The standard InChI is InChI=1S/C13H14F4N4/c1-7-9(6-19-21(7)2)12(20-18)8-3-4-11(14)10(5-8)13(15,16)17/h3-6,12,20H,18H2,1-2H3. The quantitative estimate of drug-likeness (QED) is 0.520. The summed E-state index contributed by atoms with van der Waals surface area (Å²) in [5, 5.41) is 4.02. The van der Waals surface area contributed by atoms with Gasteiger partial charge < -0.3 is 0 Å². The van der Waals surface area contributed by atoms with E-state index in [9.17, 15) is 17.6 Å². The second kappa shape index (κ2) is 5.45. The first kappa shape index (κ1) is 15.5. The van der Waals surface area contributed by atoms with Crippen molar-refractivity contribution in [2.75, 3.05) is 0 Å². The summed E-state index contributed by atoms with van der Waals surface area (Å²) in [6.45, 7) is 1.76. The number of nitrogens with zero attached hydrogens (tertiary/aromatic N) is 2. The molecule has 0 spiro atoms. The maximum atomic E-state index is 13.3. The first-order chi connectivity index (χ1) is 9.75. The van der Waals surface area contributed by atoms with E-state index in [0.29, 0.717) is 5.56 Å². The Hall–Kier alpha value is -1.93. The van der Waals surface area contributed by atoms with Crippen molar-refractivity contribution in [1.82, 2.24) is 15.2 Å². The molecule has 0 aliphatic heterocycles. The summed E-state index contributed by atoms with van der Waals surface area (Å²) in [6.07, 6.45) is -3.25. The summed E-state index contributed by atoms with van der Waals surface area (Å²) in [5.74, 6) is 4.14. The molecule has 0 amide bonds. The highest BCUT2D eigenvalue weighted by Crippen LogP contribution is 2.34. The van der Waals surface area contributed by atoms with E-state index in [-0.39, 0.29) is 5.56 Å². The van der Waals surface area contributed by atoms with Gasteiger partial charge in [0.1, 0.15) is 5.82 Å². The Morgan fingerprint density at radius 3 is 2.48 bits per heavy atom. The smallest absolute Gasteiger partial charge is 0.273 e. The van der Waals surface area contributed by atoms with Gasteiger partial charge in [0.2, 0.25) is 0 Å². The van der Waals surface area contributed by atoms with Crippen molar-refractivity contribution >= 4 is 0 Å². The number of hydrogen-bond acceptors (Lipinski definition) is 3. The molecule has 0 bridgehead atoms. The summed E-state index contributed by atoms with van der Waals surface area (Å²) >= 11 is 0. The van der Waals surface area contributed by atoms with Gasteiger partial charge in [-0.3, -0.25) is 10.5 Å². The second-order valence-electron chi connectivity index (χ2n) is 4.65. The van der Waals surface area contributed by atoms with Crippen molar-refractivity contribution in [2.45, 2.75) is 19.1 Å². The molecule has 1 aromatic carbocycles. The molecule has 114 valence electrons. The third-order valence-corrected chi connectivity index (χ3v) is 3.38. The number of alkyl halides is 3. The predicted molar refractivity (Wildman–Crippen MR) is 68.5 cm³/mol. The highest BCUT2D eigenvalue weighted by molar-refractivity contribution is 5.36. The predicted octanol–water partition coefficient (Wildman–Crippen LogP) is 2.44. The lowest BCUT2D eigenvalue weighted by atomic mass is 9.98. The zero-order chi connectivity index (χ0) is 15.8. The fourth-order valence-corrected chi connectivity index (χ4v) is 2.10. The third-order valence-electron chi connectivity index (χ3n) is 3.38. The Balaban J connectivity index is 2.51. The zero-order valence-corrected chi connectivity index (χ0v) is 11.4. The second-order valence-corrected chi connectivity index (χ2v) is 4.65. The van der Waals surface area contributed by atoms with Crippen molar-refractivity contribution in [3.63, 3.8) is 0 Å². The molecule has 1 heterocycles. The molecule has 0 radical (unpaired) electrons. The van der Waals surface area contributed by atoms with E-state index in [1.807, 2.05) is 0 Å². The Morgan fingerprint density at radius 2 is 2.00 bits per heavy atom. The molecular formula is C13H14F4N4. The molecule has 0 fully saturated rings. The average Bonchev–Trinajstić information content (AvgIpc) is 2.72. The molecule has 0 saturated heterocycles. The van der Waals surface area contributed by atoms with Crippen LogP contribution in [0.2, 0.25) is 0 Å². The van der Waals surface area contributed by atoms with Crippen molar-refractivity contribution in [3.8, 4) is 0 Å². The monoisotopic (exact) mass is 302 g/mol. The number of nitrogens with one attached hydrogen (secondary N) is 1. The van der Waals surface area contributed by atoms with Crippen LogP contribution in [0, 0.1) is 12.7 Å². The van der Waals surface area contributed by atoms with Crippen LogP contribution >= 0.6 is 0 Å². The Bertz CT molecular complexity index is 648. The molecule has 4 nitrogen and oxygen atoms in total. The normalized spacial score (nSPS) is 13.5. The third kappa shape index (κ3) is 2.91. The van der Waals surface area contributed by atoms with E-state index in [1.54, 1.807) is 18.7 Å². The van der Waals surface area contributed by atoms with Crippen LogP contribution in [0.15, 0.2) is 24.4 Å². The molecule has 1 unspecified atom stereocenters. The summed E-state index contributed by atoms with van der Waals surface area (Å²) in [4.78, 5) is 0. The van der Waals surface area contributed by atoms with Gasteiger partial charge in [0.05, 0.1) is 17.8 Å². The first-order valence-corrected chi connectivity index (χ1v) is 6.07. The van der Waals surface area contributed by atoms with E-state index < -0.39 is 23.6 Å². The topological polar surface area (TPSA) is 55.9 Å². The van der Waals surface area contributed by atoms with E-state index in [0.717, 1.165) is 17.8 Å². The van der Waals surface area contributed by atoms with Crippen LogP contribution in [-0.2, 0) is 13.2 Å². The number of halogens is 4. The summed E-state index contributed by atoms with van der Waals surface area (Å²) in [5.41, 5.74) is 2.71. The van der Waals surface area contributed by atoms with Crippen LogP contribution in [0.3, 0.4) is 0 Å². The van der Waals surface area contributed by atoms with Crippen LogP contribution in [0.25, 0.3) is 0 Å². The SMILES string of the molecule is Cc1c(C(NN)c2ccc(F)c(C(F)(F)F)c2)cnn1C. The number of aryl methyl sites for hydroxylation is 1. The van der Waals surface area contributed by atoms with Gasteiger partial charge in [-0.2, -0.15) is 18.3 Å². The van der Waals surface area contributed by atoms with Gasteiger partial charge in [0, 0.05) is 18.3 Å². The van der Waals surface area contributed by atoms with Gasteiger partial charge in [-0.15, -0.1) is 0 Å². The first-order valence-electron chi connectivity index (χ1n) is 6.07. The molecule has 8 heteroatoms. The van der Waals surface area contributed by atoms with E-state index in [2.05, 4.69) is 10.5 Å². The summed E-state index contributed by atoms with van der Waals surface area (Å²) in [7, 11) is 1.71. The fraction of sp³-hybridized carbons (Fsp3) is 0.308. The lowest BCUT2D eigenvalue weighted by molar-refractivity contribution is -0.140. The minimum Gasteiger partial charge on any atom is -0.273 e. The van der Waals surface area contributed by atoms with Crippen molar-refractivity contribution in [3.05, 3.63) is 52.6 Å². The molecular weight excluding hydrogens is 288 g/mol. The molecule has 1 aromatic heterocycles. The molecule has 2 rings (SSSR count).